The van der Waals surface area contributed by atoms with Crippen molar-refractivity contribution in [3.8, 4) is 6.07 Å². The van der Waals surface area contributed by atoms with E-state index in [0.717, 1.165) is 30.4 Å². The number of nitrogen functional groups attached to an aromatic ring is 1. The van der Waals surface area contributed by atoms with E-state index in [1.54, 1.807) is 23.5 Å². The number of hydrogen-bond donors (Lipinski definition) is 2. The second-order valence-corrected chi connectivity index (χ2v) is 6.24. The molecule has 2 aromatic rings. The smallest absolute Gasteiger partial charge is 0.229 e. The molecule has 0 radical (unpaired) electrons. The summed E-state index contributed by atoms with van der Waals surface area (Å²) in [7, 11) is 0. The molecule has 21 heavy (non-hydrogen) atoms. The number of nitrogens with two attached hydrogens (primary N) is 1. The molecule has 0 atom stereocenters. The molecule has 1 aromatic heterocycles. The predicted octanol–water partition coefficient (Wildman–Crippen LogP) is 2.87. The third-order valence-corrected chi connectivity index (χ3v) is 4.84. The van der Waals surface area contributed by atoms with Gasteiger partial charge < -0.3 is 11.1 Å². The molecule has 4 nitrogen and oxygen atoms in total. The summed E-state index contributed by atoms with van der Waals surface area (Å²) in [5, 5.41) is 12.9. The van der Waals surface area contributed by atoms with Gasteiger partial charge in [-0.25, -0.2) is 0 Å². The summed E-state index contributed by atoms with van der Waals surface area (Å²) in [5.74, 6) is -0.101. The normalized spacial score (nSPS) is 12.7. The Morgan fingerprint density at radius 3 is 2.81 bits per heavy atom. The summed E-state index contributed by atoms with van der Waals surface area (Å²) in [5.41, 5.74) is 8.99. The van der Waals surface area contributed by atoms with E-state index in [-0.39, 0.29) is 12.3 Å². The van der Waals surface area contributed by atoms with Crippen molar-refractivity contribution >= 4 is 27.9 Å². The zero-order chi connectivity index (χ0) is 14.8. The molecule has 0 bridgehead atoms. The summed E-state index contributed by atoms with van der Waals surface area (Å²) >= 11 is 1.54. The van der Waals surface area contributed by atoms with Crippen LogP contribution in [0.2, 0.25) is 0 Å². The Kier molecular flexibility index (Phi) is 3.63. The van der Waals surface area contributed by atoms with Gasteiger partial charge in [-0.05, 0) is 42.5 Å². The number of carbonyl (C=O) groups is 1. The Bertz CT molecular complexity index is 725. The van der Waals surface area contributed by atoms with E-state index in [2.05, 4.69) is 11.4 Å². The van der Waals surface area contributed by atoms with Crippen LogP contribution in [0.15, 0.2) is 24.3 Å². The number of amides is 1. The molecule has 0 spiro atoms. The van der Waals surface area contributed by atoms with E-state index in [4.69, 9.17) is 5.73 Å². The van der Waals surface area contributed by atoms with Gasteiger partial charge in [-0.1, -0.05) is 12.1 Å². The Morgan fingerprint density at radius 1 is 1.33 bits per heavy atom. The Labute approximate surface area is 127 Å². The SMILES string of the molecule is N#Cc1c(NC(=O)Cc2ccc(N)cc2)sc2c1CCC2. The molecule has 1 aromatic carbocycles. The van der Waals surface area contributed by atoms with Crippen LogP contribution in [0.5, 0.6) is 0 Å². The fraction of sp³-hybridized carbons (Fsp3) is 0.250. The molecule has 3 rings (SSSR count). The quantitative estimate of drug-likeness (QED) is 0.855. The number of thiophene rings is 1. The van der Waals surface area contributed by atoms with Crippen LogP contribution in [0.25, 0.3) is 0 Å². The van der Waals surface area contributed by atoms with Gasteiger partial charge in [0.2, 0.25) is 5.91 Å². The van der Waals surface area contributed by atoms with E-state index >= 15 is 0 Å². The van der Waals surface area contributed by atoms with Gasteiger partial charge in [0.15, 0.2) is 0 Å². The molecule has 1 aliphatic rings. The monoisotopic (exact) mass is 297 g/mol. The molecule has 5 heteroatoms. The van der Waals surface area contributed by atoms with E-state index in [9.17, 15) is 10.1 Å². The zero-order valence-electron chi connectivity index (χ0n) is 11.5. The number of hydrogen-bond acceptors (Lipinski definition) is 4. The first-order valence-corrected chi connectivity index (χ1v) is 7.68. The molecule has 3 N–H and O–H groups in total. The van der Waals surface area contributed by atoms with Gasteiger partial charge in [-0.2, -0.15) is 5.26 Å². The minimum atomic E-state index is -0.101. The molecule has 1 amide bonds. The fourth-order valence-corrected chi connectivity index (χ4v) is 3.86. The van der Waals surface area contributed by atoms with E-state index in [1.807, 2.05) is 12.1 Å². The van der Waals surface area contributed by atoms with E-state index in [0.29, 0.717) is 16.3 Å². The van der Waals surface area contributed by atoms with Crippen LogP contribution in [-0.2, 0) is 24.1 Å². The third kappa shape index (κ3) is 2.76. The van der Waals surface area contributed by atoms with Crippen molar-refractivity contribution in [2.45, 2.75) is 25.7 Å². The van der Waals surface area contributed by atoms with Crippen LogP contribution in [-0.4, -0.2) is 5.91 Å². The number of benzene rings is 1. The van der Waals surface area contributed by atoms with Gasteiger partial charge in [0.05, 0.1) is 12.0 Å². The van der Waals surface area contributed by atoms with Crippen LogP contribution in [0.1, 0.15) is 28.0 Å². The highest BCUT2D eigenvalue weighted by Gasteiger charge is 2.22. The first-order chi connectivity index (χ1) is 10.2. The van der Waals surface area contributed by atoms with E-state index < -0.39 is 0 Å². The maximum atomic E-state index is 12.1. The van der Waals surface area contributed by atoms with Gasteiger partial charge in [-0.3, -0.25) is 4.79 Å². The van der Waals surface area contributed by atoms with Gasteiger partial charge in [-0.15, -0.1) is 11.3 Å². The molecule has 1 heterocycles. The standard InChI is InChI=1S/C16H15N3OS/c17-9-13-12-2-1-3-14(12)21-16(13)19-15(20)8-10-4-6-11(18)7-5-10/h4-7H,1-3,8,18H2,(H,19,20). The largest absolute Gasteiger partial charge is 0.399 e. The Morgan fingerprint density at radius 2 is 2.10 bits per heavy atom. The molecule has 0 fully saturated rings. The lowest BCUT2D eigenvalue weighted by molar-refractivity contribution is -0.115. The Hall–Kier alpha value is -2.32. The maximum absolute atomic E-state index is 12.1. The topological polar surface area (TPSA) is 78.9 Å². The number of fused-ring (bicyclic) bond motifs is 1. The summed E-state index contributed by atoms with van der Waals surface area (Å²) in [4.78, 5) is 13.4. The van der Waals surface area contributed by atoms with Crippen molar-refractivity contribution in [3.63, 3.8) is 0 Å². The second kappa shape index (κ2) is 5.58. The number of nitriles is 1. The predicted molar refractivity (Wildman–Crippen MR) is 84.2 cm³/mol. The minimum Gasteiger partial charge on any atom is -0.399 e. The van der Waals surface area contributed by atoms with Gasteiger partial charge >= 0.3 is 0 Å². The zero-order valence-corrected chi connectivity index (χ0v) is 12.3. The van der Waals surface area contributed by atoms with Crippen molar-refractivity contribution in [3.05, 3.63) is 45.8 Å². The van der Waals surface area contributed by atoms with Crippen LogP contribution >= 0.6 is 11.3 Å². The highest BCUT2D eigenvalue weighted by molar-refractivity contribution is 7.16. The number of rotatable bonds is 3. The molecule has 0 saturated carbocycles. The number of nitrogens with one attached hydrogen (secondary N) is 1. The lowest BCUT2D eigenvalue weighted by atomic mass is 10.1. The van der Waals surface area contributed by atoms with E-state index in [1.165, 1.54) is 4.88 Å². The molecular weight excluding hydrogens is 282 g/mol. The average molecular weight is 297 g/mol. The number of carbonyl (C=O) groups excluding carboxylic acids is 1. The first-order valence-electron chi connectivity index (χ1n) is 6.86. The van der Waals surface area contributed by atoms with Crippen molar-refractivity contribution in [1.29, 1.82) is 5.26 Å². The average Bonchev–Trinajstić information content (AvgIpc) is 3.01. The van der Waals surface area contributed by atoms with Crippen LogP contribution in [0.3, 0.4) is 0 Å². The molecule has 1 aliphatic carbocycles. The van der Waals surface area contributed by atoms with Crippen molar-refractivity contribution < 1.29 is 4.79 Å². The summed E-state index contributed by atoms with van der Waals surface area (Å²) in [6.07, 6.45) is 3.36. The van der Waals surface area contributed by atoms with Crippen LogP contribution < -0.4 is 11.1 Å². The maximum Gasteiger partial charge on any atom is 0.229 e. The fourth-order valence-electron chi connectivity index (χ4n) is 2.60. The minimum absolute atomic E-state index is 0.101. The second-order valence-electron chi connectivity index (χ2n) is 5.14. The van der Waals surface area contributed by atoms with Gasteiger partial charge in [0.1, 0.15) is 11.1 Å². The summed E-state index contributed by atoms with van der Waals surface area (Å²) in [6, 6.07) is 9.48. The first kappa shape index (κ1) is 13.7. The van der Waals surface area contributed by atoms with Crippen molar-refractivity contribution in [2.75, 3.05) is 11.1 Å². The molecule has 106 valence electrons. The van der Waals surface area contributed by atoms with Crippen LogP contribution in [0, 0.1) is 11.3 Å². The highest BCUT2D eigenvalue weighted by Crippen LogP contribution is 2.38. The molecular formula is C16H15N3OS. The summed E-state index contributed by atoms with van der Waals surface area (Å²) in [6.45, 7) is 0. The number of nitrogens with zero attached hydrogens (tertiary/aromatic N) is 1. The highest BCUT2D eigenvalue weighted by atomic mass is 32.1. The number of aryl methyl sites for hydroxylation is 1. The summed E-state index contributed by atoms with van der Waals surface area (Å²) < 4.78 is 0. The lowest BCUT2D eigenvalue weighted by Crippen LogP contribution is -2.14. The molecule has 0 saturated heterocycles. The molecule has 0 aliphatic heterocycles. The van der Waals surface area contributed by atoms with Crippen molar-refractivity contribution in [2.24, 2.45) is 0 Å². The molecule has 0 unspecified atom stereocenters. The van der Waals surface area contributed by atoms with Crippen molar-refractivity contribution in [1.82, 2.24) is 0 Å². The Balaban J connectivity index is 1.73. The van der Waals surface area contributed by atoms with Gasteiger partial charge in [0.25, 0.3) is 0 Å². The third-order valence-electron chi connectivity index (χ3n) is 3.63. The van der Waals surface area contributed by atoms with Gasteiger partial charge in [0, 0.05) is 10.6 Å². The van der Waals surface area contributed by atoms with Crippen LogP contribution in [0.4, 0.5) is 10.7 Å². The number of anilines is 2. The lowest BCUT2D eigenvalue weighted by Gasteiger charge is -2.04.